The van der Waals surface area contributed by atoms with Gasteiger partial charge >= 0.3 is 6.09 Å². The van der Waals surface area contributed by atoms with Gasteiger partial charge in [0.2, 0.25) is 27.7 Å². The Balaban J connectivity index is 1.27. The van der Waals surface area contributed by atoms with Crippen molar-refractivity contribution >= 4 is 44.7 Å². The van der Waals surface area contributed by atoms with E-state index in [1.54, 1.807) is 33.8 Å². The van der Waals surface area contributed by atoms with Gasteiger partial charge in [0.05, 0.1) is 17.3 Å². The molecule has 15 heteroatoms. The number of hydrogen-bond acceptors (Lipinski definition) is 10. The van der Waals surface area contributed by atoms with Crippen molar-refractivity contribution in [1.29, 1.82) is 0 Å². The van der Waals surface area contributed by atoms with Gasteiger partial charge in [-0.05, 0) is 61.4 Å². The van der Waals surface area contributed by atoms with E-state index in [1.165, 1.54) is 11.0 Å². The van der Waals surface area contributed by atoms with Gasteiger partial charge in [0, 0.05) is 23.3 Å². The molecule has 4 amide bonds. The molecule has 3 heterocycles. The molecule has 2 aliphatic heterocycles. The molecule has 286 valence electrons. The van der Waals surface area contributed by atoms with E-state index in [9.17, 15) is 27.6 Å². The van der Waals surface area contributed by atoms with E-state index in [4.69, 9.17) is 19.2 Å². The van der Waals surface area contributed by atoms with Gasteiger partial charge in [-0.3, -0.25) is 19.1 Å². The van der Waals surface area contributed by atoms with Crippen LogP contribution >= 0.6 is 0 Å². The first-order valence-electron chi connectivity index (χ1n) is 18.2. The molecule has 2 aromatic carbocycles. The van der Waals surface area contributed by atoms with E-state index >= 15 is 0 Å². The molecule has 3 N–H and O–H groups in total. The molecule has 3 aromatic rings. The number of pyridine rings is 1. The Labute approximate surface area is 314 Å². The van der Waals surface area contributed by atoms with Gasteiger partial charge in [-0.2, -0.15) is 0 Å². The number of carbonyl (C=O) groups excluding carboxylic acids is 4. The summed E-state index contributed by atoms with van der Waals surface area (Å²) in [5.41, 5.74) is -0.334. The van der Waals surface area contributed by atoms with Crippen molar-refractivity contribution in [2.24, 2.45) is 11.3 Å². The predicted octanol–water partition coefficient (Wildman–Crippen LogP) is 3.84. The number of fused-ring (bicyclic) bond motifs is 7. The lowest BCUT2D eigenvalue weighted by Crippen LogP contribution is -2.60. The number of carbonyl (C=O) groups is 4. The van der Waals surface area contributed by atoms with Crippen LogP contribution in [0.25, 0.3) is 22.0 Å². The lowest BCUT2D eigenvalue weighted by molar-refractivity contribution is -0.142. The van der Waals surface area contributed by atoms with Gasteiger partial charge < -0.3 is 29.7 Å². The Hall–Kier alpha value is -5.18. The fraction of sp³-hybridized carbons (Fsp3) is 0.462. The summed E-state index contributed by atoms with van der Waals surface area (Å²) < 4.78 is 45.9. The maximum absolute atomic E-state index is 14.6. The first-order valence-corrected chi connectivity index (χ1v) is 19.7. The van der Waals surface area contributed by atoms with Crippen LogP contribution in [0.4, 0.5) is 4.79 Å². The first-order chi connectivity index (χ1) is 25.6. The van der Waals surface area contributed by atoms with Gasteiger partial charge in [0.25, 0.3) is 5.91 Å². The molecular weight excluding hydrogens is 715 g/mol. The zero-order chi connectivity index (χ0) is 38.6. The van der Waals surface area contributed by atoms with Crippen LogP contribution in [-0.2, 0) is 29.1 Å². The summed E-state index contributed by atoms with van der Waals surface area (Å²) in [5, 5.41) is 5.73. The standard InChI is InChI=1S/C39H45N5O9S/c1-6-25-19-39(25,36(47)43-54(49,50)28-14-15-28)42-33(45)31-18-27-20-44(31)35(46)32(38(3,4)5)41-37(48)51-21-22(2)52-26-12-9-11-23(16-26)29-17-24-10-7-8-13-30(24)40-34(29)53-27/h6-13,16-17,22,25,27-28,31-32H,1,14-15,18-21H2,2-5H3,(H,41,48)(H,42,45)(H,43,47)/t22-,25-,27?,31+,32-,39?/m1/s1. The van der Waals surface area contributed by atoms with Gasteiger partial charge in [0.1, 0.15) is 42.2 Å². The number of benzene rings is 2. The number of ether oxygens (including phenoxy) is 3. The molecule has 7 rings (SSSR count). The lowest BCUT2D eigenvalue weighted by atomic mass is 9.85. The fourth-order valence-corrected chi connectivity index (χ4v) is 8.48. The highest BCUT2D eigenvalue weighted by atomic mass is 32.2. The number of aromatic nitrogens is 1. The number of cyclic esters (lactones) is 1. The minimum atomic E-state index is -3.91. The van der Waals surface area contributed by atoms with Crippen LogP contribution in [0, 0.1) is 11.3 Å². The second-order valence-electron chi connectivity index (χ2n) is 15.7. The molecule has 2 aliphatic carbocycles. The van der Waals surface area contributed by atoms with Crippen molar-refractivity contribution in [3.8, 4) is 22.8 Å². The molecule has 3 fully saturated rings. The minimum absolute atomic E-state index is 0.00429. The van der Waals surface area contributed by atoms with Gasteiger partial charge in [0.15, 0.2) is 0 Å². The summed E-state index contributed by atoms with van der Waals surface area (Å²) in [5.74, 6) is -1.81. The average Bonchev–Trinajstić information content (AvgIpc) is 4.05. The largest absolute Gasteiger partial charge is 0.487 e. The van der Waals surface area contributed by atoms with E-state index in [-0.39, 0.29) is 31.9 Å². The van der Waals surface area contributed by atoms with Crippen molar-refractivity contribution in [3.63, 3.8) is 0 Å². The van der Waals surface area contributed by atoms with Crippen molar-refractivity contribution < 1.29 is 41.8 Å². The maximum atomic E-state index is 14.6. The molecule has 14 nitrogen and oxygen atoms in total. The summed E-state index contributed by atoms with van der Waals surface area (Å²) in [6.07, 6.45) is 0.409. The third kappa shape index (κ3) is 7.46. The Kier molecular flexibility index (Phi) is 9.57. The van der Waals surface area contributed by atoms with Crippen LogP contribution in [0.1, 0.15) is 53.4 Å². The number of nitrogens with zero attached hydrogens (tertiary/aromatic N) is 2. The molecule has 2 unspecified atom stereocenters. The normalized spacial score (nSPS) is 27.3. The Bertz CT molecular complexity index is 2130. The average molecular weight is 760 g/mol. The Morgan fingerprint density at radius 1 is 1.07 bits per heavy atom. The monoisotopic (exact) mass is 759 g/mol. The highest BCUT2D eigenvalue weighted by Crippen LogP contribution is 2.46. The third-order valence-electron chi connectivity index (χ3n) is 10.4. The minimum Gasteiger partial charge on any atom is -0.487 e. The molecule has 6 atom stereocenters. The molecular formula is C39H45N5O9S. The van der Waals surface area contributed by atoms with E-state index < -0.39 is 80.3 Å². The number of sulfonamides is 1. The topological polar surface area (TPSA) is 182 Å². The van der Waals surface area contributed by atoms with E-state index in [2.05, 4.69) is 21.9 Å². The van der Waals surface area contributed by atoms with Crippen molar-refractivity contribution in [2.45, 2.75) is 88.5 Å². The number of hydrogen-bond donors (Lipinski definition) is 3. The smallest absolute Gasteiger partial charge is 0.407 e. The number of rotatable bonds is 6. The SMILES string of the molecule is C=C[C@@H]1CC1(NC(=O)[C@@H]1CC2CN1C(=O)[C@H](C(C)(C)C)NC(=O)OC[C@@H](C)Oc1cccc(c1)-c1cc3ccccc3nc1O2)C(=O)NS(=O)(=O)C1CC1. The first kappa shape index (κ1) is 37.1. The van der Waals surface area contributed by atoms with Gasteiger partial charge in [-0.15, -0.1) is 6.58 Å². The highest BCUT2D eigenvalue weighted by molar-refractivity contribution is 7.91. The van der Waals surface area contributed by atoms with Crippen molar-refractivity contribution in [3.05, 3.63) is 67.3 Å². The molecule has 1 saturated heterocycles. The highest BCUT2D eigenvalue weighted by Gasteiger charge is 2.62. The quantitative estimate of drug-likeness (QED) is 0.313. The molecule has 1 aromatic heterocycles. The van der Waals surface area contributed by atoms with Crippen LogP contribution in [0.3, 0.4) is 0 Å². The summed E-state index contributed by atoms with van der Waals surface area (Å²) in [7, 11) is -3.91. The zero-order valence-corrected chi connectivity index (χ0v) is 31.5. The Morgan fingerprint density at radius 3 is 2.54 bits per heavy atom. The van der Waals surface area contributed by atoms with Crippen molar-refractivity contribution in [2.75, 3.05) is 13.2 Å². The van der Waals surface area contributed by atoms with Crippen molar-refractivity contribution in [1.82, 2.24) is 25.2 Å². The molecule has 0 spiro atoms. The van der Waals surface area contributed by atoms with Crippen LogP contribution in [-0.4, -0.2) is 90.3 Å². The summed E-state index contributed by atoms with van der Waals surface area (Å²) in [6, 6.07) is 14.6. The molecule has 2 saturated carbocycles. The second kappa shape index (κ2) is 13.9. The second-order valence-corrected chi connectivity index (χ2v) is 17.7. The molecule has 0 radical (unpaired) electrons. The lowest BCUT2D eigenvalue weighted by Gasteiger charge is -2.35. The molecule has 4 bridgehead atoms. The van der Waals surface area contributed by atoms with Crippen LogP contribution in [0.2, 0.25) is 0 Å². The predicted molar refractivity (Wildman–Crippen MR) is 199 cm³/mol. The number of para-hydroxylation sites is 1. The third-order valence-corrected chi connectivity index (χ3v) is 12.2. The van der Waals surface area contributed by atoms with E-state index in [1.807, 2.05) is 48.5 Å². The van der Waals surface area contributed by atoms with Crippen LogP contribution in [0.5, 0.6) is 11.6 Å². The summed E-state index contributed by atoms with van der Waals surface area (Å²) in [6.45, 7) is 10.7. The van der Waals surface area contributed by atoms with Gasteiger partial charge in [-0.25, -0.2) is 18.2 Å². The van der Waals surface area contributed by atoms with E-state index in [0.29, 0.717) is 29.7 Å². The van der Waals surface area contributed by atoms with Gasteiger partial charge in [-0.1, -0.05) is 57.2 Å². The molecule has 4 aliphatic rings. The maximum Gasteiger partial charge on any atom is 0.407 e. The number of nitrogens with one attached hydrogen (secondary N) is 3. The fourth-order valence-electron chi connectivity index (χ4n) is 7.12. The molecule has 54 heavy (non-hydrogen) atoms. The van der Waals surface area contributed by atoms with Crippen LogP contribution in [0.15, 0.2) is 67.3 Å². The number of alkyl carbamates (subject to hydrolysis) is 1. The number of amides is 4. The summed E-state index contributed by atoms with van der Waals surface area (Å²) >= 11 is 0. The Morgan fingerprint density at radius 2 is 1.83 bits per heavy atom. The zero-order valence-electron chi connectivity index (χ0n) is 30.7. The summed E-state index contributed by atoms with van der Waals surface area (Å²) in [4.78, 5) is 61.9. The van der Waals surface area contributed by atoms with Crippen LogP contribution < -0.4 is 24.8 Å². The van der Waals surface area contributed by atoms with E-state index in [0.717, 1.165) is 10.9 Å².